The molecule has 1 aromatic carbocycles. The Labute approximate surface area is 246 Å². The summed E-state index contributed by atoms with van der Waals surface area (Å²) in [6.07, 6.45) is 2.12. The molecule has 1 aliphatic carbocycles. The second-order valence-corrected chi connectivity index (χ2v) is 8.49. The van der Waals surface area contributed by atoms with Crippen molar-refractivity contribution >= 4 is 38.9 Å². The number of pyridine rings is 1. The summed E-state index contributed by atoms with van der Waals surface area (Å²) in [5.41, 5.74) is 17.3. The summed E-state index contributed by atoms with van der Waals surface area (Å²) in [6.45, 7) is 9.65. The molecule has 2 heterocycles. The molecule has 3 aromatic rings. The van der Waals surface area contributed by atoms with Gasteiger partial charge in [-0.2, -0.15) is 5.10 Å². The molecule has 4 rings (SSSR count). The second-order valence-electron chi connectivity index (χ2n) is 7.57. The number of nitrogens with two attached hydrogens (primary N) is 4. The smallest absolute Gasteiger partial charge is 0.383 e. The molecule has 10 nitrogen and oxygen atoms in total. The first kappa shape index (κ1) is 39.7. The van der Waals surface area contributed by atoms with Gasteiger partial charge in [0.1, 0.15) is 11.4 Å². The zero-order valence-corrected chi connectivity index (χ0v) is 24.8. The number of nitrogen functional groups attached to an aromatic ring is 1. The molecule has 1 aliphatic rings. The number of anilines is 1. The van der Waals surface area contributed by atoms with Crippen molar-refractivity contribution in [2.24, 2.45) is 22.4 Å². The van der Waals surface area contributed by atoms with E-state index in [9.17, 15) is 22.5 Å². The van der Waals surface area contributed by atoms with Crippen molar-refractivity contribution in [3.05, 3.63) is 63.6 Å². The van der Waals surface area contributed by atoms with Crippen LogP contribution in [-0.2, 0) is 4.94 Å². The number of nitrogens with zero attached hydrogens (tertiary/aromatic N) is 4. The van der Waals surface area contributed by atoms with Crippen molar-refractivity contribution in [3.8, 4) is 0 Å². The molecular weight excluding hydrogens is 612 g/mol. The number of carbonyl (C=O) groups is 1. The minimum atomic E-state index is -2.72. The number of alkyl halides is 2. The van der Waals surface area contributed by atoms with Crippen molar-refractivity contribution in [1.82, 2.24) is 14.7 Å². The fourth-order valence-electron chi connectivity index (χ4n) is 3.12. The molecule has 0 amide bonds. The Kier molecular flexibility index (Phi) is 18.2. The van der Waals surface area contributed by atoms with Gasteiger partial charge >= 0.3 is 5.97 Å². The quantitative estimate of drug-likeness (QED) is 0.0695. The zero-order chi connectivity index (χ0) is 31.2. The topological polar surface area (TPSA) is 163 Å². The first-order valence-electron chi connectivity index (χ1n) is 12.3. The van der Waals surface area contributed by atoms with Crippen molar-refractivity contribution in [2.45, 2.75) is 66.9 Å². The zero-order valence-electron chi connectivity index (χ0n) is 23.3. The lowest BCUT2D eigenvalue weighted by molar-refractivity contribution is -0.124. The van der Waals surface area contributed by atoms with Crippen LogP contribution >= 0.6 is 15.9 Å². The van der Waals surface area contributed by atoms with Crippen LogP contribution in [0, 0.1) is 12.7 Å². The minimum absolute atomic E-state index is 0. The van der Waals surface area contributed by atoms with Crippen LogP contribution in [0.2, 0.25) is 0 Å². The molecule has 2 aromatic heterocycles. The highest BCUT2D eigenvalue weighted by Crippen LogP contribution is 2.39. The van der Waals surface area contributed by atoms with Crippen LogP contribution in [0.1, 0.15) is 69.4 Å². The fourth-order valence-corrected chi connectivity index (χ4v) is 3.45. The van der Waals surface area contributed by atoms with E-state index in [2.05, 4.69) is 36.8 Å². The van der Waals surface area contributed by atoms with Crippen LogP contribution in [0.5, 0.6) is 0 Å². The van der Waals surface area contributed by atoms with Gasteiger partial charge in [-0.1, -0.05) is 51.1 Å². The lowest BCUT2D eigenvalue weighted by Crippen LogP contribution is -2.52. The van der Waals surface area contributed by atoms with Gasteiger partial charge in [-0.15, -0.1) is 5.10 Å². The molecule has 15 heteroatoms. The van der Waals surface area contributed by atoms with E-state index >= 15 is 0 Å². The number of benzene rings is 1. The average molecular weight is 654 g/mol. The summed E-state index contributed by atoms with van der Waals surface area (Å²) >= 11 is 3.24. The Balaban J connectivity index is 0. The third kappa shape index (κ3) is 11.2. The number of hydrogen-bond donors (Lipinski definition) is 4. The number of hydrazone groups is 1. The number of carbonyl (C=O) groups excluding carboxylic acids is 1. The minimum Gasteiger partial charge on any atom is -0.398 e. The molecule has 0 saturated heterocycles. The van der Waals surface area contributed by atoms with Crippen molar-refractivity contribution in [3.63, 3.8) is 0 Å². The van der Waals surface area contributed by atoms with Crippen molar-refractivity contribution < 1.29 is 27.4 Å². The van der Waals surface area contributed by atoms with Crippen molar-refractivity contribution in [2.75, 3.05) is 12.8 Å². The van der Waals surface area contributed by atoms with Gasteiger partial charge in [0.2, 0.25) is 0 Å². The van der Waals surface area contributed by atoms with Gasteiger partial charge in [0.25, 0.3) is 5.92 Å². The molecule has 0 spiro atoms. The maximum Gasteiger partial charge on any atom is 0.383 e. The molecule has 0 radical (unpaired) electrons. The third-order valence-electron chi connectivity index (χ3n) is 5.07. The second kappa shape index (κ2) is 18.8. The van der Waals surface area contributed by atoms with Gasteiger partial charge in [-0.25, -0.2) is 38.4 Å². The third-order valence-corrected chi connectivity index (χ3v) is 5.56. The molecule has 232 valence electrons. The van der Waals surface area contributed by atoms with Crippen LogP contribution in [-0.4, -0.2) is 45.5 Å². The normalized spacial score (nSPS) is 13.1. The molecular formula is C26H41BrF4N8O2. The maximum absolute atomic E-state index is 13.8. The molecule has 41 heavy (non-hydrogen) atoms. The standard InChI is InChI=1S/C12H16F3N5.C8H4BrFN2O2.2C2H6.CH5N.CH4/c1-6-2-9(13)8(3-10(6)16)11(17)19-20(18)7-4-12(14,15)5-7;9-5-1-2-12-7(3-5)6(4-11-12)8(13)14-10;3*1-2;/h2-3,7H,4-5,16,18H2,1H3,(H2,17,19);1-4H;2*1-2H3;2H2,1H3;1H4. The van der Waals surface area contributed by atoms with E-state index in [-0.39, 0.29) is 24.4 Å². The largest absolute Gasteiger partial charge is 0.398 e. The van der Waals surface area contributed by atoms with E-state index in [4.69, 9.17) is 17.3 Å². The van der Waals surface area contributed by atoms with E-state index in [0.717, 1.165) is 9.59 Å². The van der Waals surface area contributed by atoms with E-state index in [1.54, 1.807) is 25.3 Å². The number of halogens is 5. The van der Waals surface area contributed by atoms with Crippen LogP contribution in [0.15, 0.2) is 46.2 Å². The summed E-state index contributed by atoms with van der Waals surface area (Å²) in [4.78, 5) is 14.1. The van der Waals surface area contributed by atoms with Crippen LogP contribution in [0.4, 0.5) is 23.4 Å². The summed E-state index contributed by atoms with van der Waals surface area (Å²) < 4.78 is 53.1. The highest BCUT2D eigenvalue weighted by Gasteiger charge is 2.47. The van der Waals surface area contributed by atoms with Gasteiger partial charge in [0.05, 0.1) is 23.3 Å². The summed E-state index contributed by atoms with van der Waals surface area (Å²) in [5.74, 6) is 0.981. The van der Waals surface area contributed by atoms with Crippen LogP contribution in [0.3, 0.4) is 0 Å². The number of rotatable bonds is 4. The number of amidine groups is 1. The molecule has 0 aliphatic heterocycles. The number of hydrogen-bond acceptors (Lipinski definition) is 8. The van der Waals surface area contributed by atoms with Gasteiger partial charge < -0.3 is 17.2 Å². The maximum atomic E-state index is 13.8. The van der Waals surface area contributed by atoms with E-state index < -0.39 is 36.6 Å². The Morgan fingerprint density at radius 1 is 1.17 bits per heavy atom. The first-order chi connectivity index (χ1) is 18.9. The SMILES string of the molecule is C.CC.CC.CN.Cc1cc(F)c(/C(N)=N/N(N)C2CC(F)(F)C2)cc1N.O=C(OF)c1cnn2ccc(Br)cc12. The van der Waals surface area contributed by atoms with E-state index in [1.165, 1.54) is 29.9 Å². The highest BCUT2D eigenvalue weighted by molar-refractivity contribution is 9.10. The molecule has 8 N–H and O–H groups in total. The predicted octanol–water partition coefficient (Wildman–Crippen LogP) is 5.71. The molecule has 0 bridgehead atoms. The number of aromatic nitrogens is 2. The Morgan fingerprint density at radius 3 is 2.24 bits per heavy atom. The number of hydrazine groups is 1. The van der Waals surface area contributed by atoms with Gasteiger partial charge in [-0.05, 0) is 43.8 Å². The number of fused-ring (bicyclic) bond motifs is 1. The van der Waals surface area contributed by atoms with E-state index in [0.29, 0.717) is 16.8 Å². The van der Waals surface area contributed by atoms with Crippen LogP contribution in [0.25, 0.3) is 5.52 Å². The van der Waals surface area contributed by atoms with Gasteiger partial charge in [-0.3, -0.25) is 0 Å². The summed E-state index contributed by atoms with van der Waals surface area (Å²) in [5, 5.41) is 8.45. The molecule has 1 saturated carbocycles. The Bertz CT molecular complexity index is 1250. The molecule has 0 atom stereocenters. The average Bonchev–Trinajstić information content (AvgIpc) is 3.35. The van der Waals surface area contributed by atoms with E-state index in [1.807, 2.05) is 27.7 Å². The van der Waals surface area contributed by atoms with Crippen molar-refractivity contribution in [1.29, 1.82) is 0 Å². The summed E-state index contributed by atoms with van der Waals surface area (Å²) in [6, 6.07) is 5.37. The fraction of sp³-hybridized carbons (Fsp3) is 0.423. The first-order valence-corrected chi connectivity index (χ1v) is 13.1. The molecule has 1 fully saturated rings. The van der Waals surface area contributed by atoms with Gasteiger partial charge in [0, 0.05) is 33.7 Å². The Hall–Kier alpha value is -3.43. The highest BCUT2D eigenvalue weighted by atomic mass is 79.9. The monoisotopic (exact) mass is 652 g/mol. The summed E-state index contributed by atoms with van der Waals surface area (Å²) in [7, 11) is 1.50. The Morgan fingerprint density at radius 2 is 1.73 bits per heavy atom. The van der Waals surface area contributed by atoms with Crippen LogP contribution < -0.4 is 23.0 Å². The lowest BCUT2D eigenvalue weighted by atomic mass is 9.88. The number of aryl methyl sites for hydroxylation is 1. The predicted molar refractivity (Wildman–Crippen MR) is 159 cm³/mol. The lowest BCUT2D eigenvalue weighted by Gasteiger charge is -2.38. The molecule has 0 unspecified atom stereocenters. The van der Waals surface area contributed by atoms with Gasteiger partial charge in [0.15, 0.2) is 5.84 Å².